The molecule has 0 saturated heterocycles. The molecular weight excluding hydrogens is 202 g/mol. The van der Waals surface area contributed by atoms with Gasteiger partial charge in [-0.15, -0.1) is 0 Å². The largest absolute Gasteiger partial charge is 0.395 e. The Kier molecular flexibility index (Phi) is 4.96. The normalized spacial score (nSPS) is 11.4. The van der Waals surface area contributed by atoms with Gasteiger partial charge in [0.2, 0.25) is 0 Å². The van der Waals surface area contributed by atoms with Crippen LogP contribution in [0.4, 0.5) is 0 Å². The predicted molar refractivity (Wildman–Crippen MR) is 65.4 cm³/mol. The van der Waals surface area contributed by atoms with Crippen LogP contribution in [0.3, 0.4) is 0 Å². The summed E-state index contributed by atoms with van der Waals surface area (Å²) < 4.78 is 2.08. The monoisotopic (exact) mass is 225 g/mol. The van der Waals surface area contributed by atoms with Gasteiger partial charge in [0.1, 0.15) is 0 Å². The van der Waals surface area contributed by atoms with E-state index in [-0.39, 0.29) is 6.61 Å². The first kappa shape index (κ1) is 13.2. The molecule has 0 atom stereocenters. The van der Waals surface area contributed by atoms with E-state index in [1.165, 1.54) is 11.3 Å². The van der Waals surface area contributed by atoms with Crippen LogP contribution in [0, 0.1) is 13.8 Å². The van der Waals surface area contributed by atoms with Gasteiger partial charge in [-0.25, -0.2) is 0 Å². The van der Waals surface area contributed by atoms with Crippen LogP contribution in [0.25, 0.3) is 0 Å². The molecule has 1 aromatic rings. The number of hydrogen-bond donors (Lipinski definition) is 1. The van der Waals surface area contributed by atoms with Crippen LogP contribution in [-0.2, 0) is 13.1 Å². The topological polar surface area (TPSA) is 41.3 Å². The van der Waals surface area contributed by atoms with Gasteiger partial charge in [-0.3, -0.25) is 9.58 Å². The first-order valence-electron chi connectivity index (χ1n) is 5.92. The van der Waals surface area contributed by atoms with Crippen LogP contribution in [0.5, 0.6) is 0 Å². The molecule has 4 nitrogen and oxygen atoms in total. The summed E-state index contributed by atoms with van der Waals surface area (Å²) >= 11 is 0. The molecule has 0 aromatic carbocycles. The van der Waals surface area contributed by atoms with E-state index in [1.54, 1.807) is 0 Å². The maximum Gasteiger partial charge on any atom is 0.0641 e. The third-order valence-electron chi connectivity index (χ3n) is 2.88. The molecule has 1 heterocycles. The van der Waals surface area contributed by atoms with Crippen molar-refractivity contribution in [1.29, 1.82) is 0 Å². The zero-order valence-electron chi connectivity index (χ0n) is 10.8. The second-order valence-electron chi connectivity index (χ2n) is 4.33. The smallest absolute Gasteiger partial charge is 0.0641 e. The van der Waals surface area contributed by atoms with Crippen LogP contribution in [0.15, 0.2) is 0 Å². The lowest BCUT2D eigenvalue weighted by Gasteiger charge is -2.15. The van der Waals surface area contributed by atoms with Crippen LogP contribution < -0.4 is 0 Å². The SMILES string of the molecule is CCCn1nc(C)c(CN(C)CCO)c1C. The highest BCUT2D eigenvalue weighted by molar-refractivity contribution is 5.24. The first-order valence-corrected chi connectivity index (χ1v) is 5.92. The molecule has 92 valence electrons. The summed E-state index contributed by atoms with van der Waals surface area (Å²) in [6.45, 7) is 9.10. The minimum absolute atomic E-state index is 0.206. The van der Waals surface area contributed by atoms with Crippen molar-refractivity contribution in [2.24, 2.45) is 0 Å². The zero-order valence-corrected chi connectivity index (χ0v) is 10.8. The van der Waals surface area contributed by atoms with E-state index in [0.717, 1.165) is 25.2 Å². The second kappa shape index (κ2) is 6.01. The highest BCUT2D eigenvalue weighted by Gasteiger charge is 2.12. The summed E-state index contributed by atoms with van der Waals surface area (Å²) in [6, 6.07) is 0. The molecule has 0 amide bonds. The fourth-order valence-electron chi connectivity index (χ4n) is 1.91. The van der Waals surface area contributed by atoms with Crippen molar-refractivity contribution in [3.05, 3.63) is 17.0 Å². The minimum atomic E-state index is 0.206. The van der Waals surface area contributed by atoms with Crippen molar-refractivity contribution < 1.29 is 5.11 Å². The summed E-state index contributed by atoms with van der Waals surface area (Å²) in [5.74, 6) is 0. The molecule has 16 heavy (non-hydrogen) atoms. The molecule has 0 fully saturated rings. The number of rotatable bonds is 6. The number of aryl methyl sites for hydroxylation is 2. The Bertz CT molecular complexity index is 333. The first-order chi connectivity index (χ1) is 7.60. The van der Waals surface area contributed by atoms with Crippen LogP contribution in [-0.4, -0.2) is 40.0 Å². The third-order valence-corrected chi connectivity index (χ3v) is 2.88. The molecular formula is C12H23N3O. The molecule has 0 aliphatic carbocycles. The van der Waals surface area contributed by atoms with Gasteiger partial charge < -0.3 is 5.11 Å². The lowest BCUT2D eigenvalue weighted by atomic mass is 10.2. The van der Waals surface area contributed by atoms with Gasteiger partial charge in [0, 0.05) is 30.9 Å². The number of aliphatic hydroxyl groups excluding tert-OH is 1. The van der Waals surface area contributed by atoms with Crippen LogP contribution in [0.2, 0.25) is 0 Å². The highest BCUT2D eigenvalue weighted by Crippen LogP contribution is 2.15. The average Bonchev–Trinajstić information content (AvgIpc) is 2.47. The van der Waals surface area contributed by atoms with Crippen molar-refractivity contribution in [3.8, 4) is 0 Å². The molecule has 0 radical (unpaired) electrons. The number of aliphatic hydroxyl groups is 1. The van der Waals surface area contributed by atoms with Gasteiger partial charge >= 0.3 is 0 Å². The average molecular weight is 225 g/mol. The van der Waals surface area contributed by atoms with Crippen molar-refractivity contribution in [2.75, 3.05) is 20.2 Å². The maximum atomic E-state index is 8.88. The second-order valence-corrected chi connectivity index (χ2v) is 4.33. The number of aromatic nitrogens is 2. The maximum absolute atomic E-state index is 8.88. The van der Waals surface area contributed by atoms with Crippen LogP contribution in [0.1, 0.15) is 30.3 Å². The molecule has 0 saturated carbocycles. The predicted octanol–water partition coefficient (Wildman–Crippen LogP) is 1.33. The summed E-state index contributed by atoms with van der Waals surface area (Å²) in [4.78, 5) is 2.12. The molecule has 0 spiro atoms. The molecule has 0 aliphatic rings. The Labute approximate surface area is 97.9 Å². The van der Waals surface area contributed by atoms with Gasteiger partial charge in [-0.2, -0.15) is 5.10 Å². The van der Waals surface area contributed by atoms with Gasteiger partial charge in [-0.1, -0.05) is 6.92 Å². The van der Waals surface area contributed by atoms with Crippen molar-refractivity contribution in [1.82, 2.24) is 14.7 Å². The third kappa shape index (κ3) is 3.06. The molecule has 4 heteroatoms. The van der Waals surface area contributed by atoms with Crippen molar-refractivity contribution in [3.63, 3.8) is 0 Å². The van der Waals surface area contributed by atoms with E-state index in [0.29, 0.717) is 6.54 Å². The molecule has 1 N–H and O–H groups in total. The zero-order chi connectivity index (χ0) is 12.1. The molecule has 0 unspecified atom stereocenters. The Hall–Kier alpha value is -0.870. The Morgan fingerprint density at radius 3 is 2.62 bits per heavy atom. The van der Waals surface area contributed by atoms with Crippen LogP contribution >= 0.6 is 0 Å². The summed E-state index contributed by atoms with van der Waals surface area (Å²) in [7, 11) is 2.02. The quantitative estimate of drug-likeness (QED) is 0.794. The fourth-order valence-corrected chi connectivity index (χ4v) is 1.91. The summed E-state index contributed by atoms with van der Waals surface area (Å²) in [6.07, 6.45) is 1.11. The minimum Gasteiger partial charge on any atom is -0.395 e. The van der Waals surface area contributed by atoms with E-state index in [2.05, 4.69) is 35.5 Å². The van der Waals surface area contributed by atoms with E-state index in [4.69, 9.17) is 5.11 Å². The highest BCUT2D eigenvalue weighted by atomic mass is 16.3. The number of hydrogen-bond acceptors (Lipinski definition) is 3. The summed E-state index contributed by atoms with van der Waals surface area (Å²) in [5.41, 5.74) is 3.66. The molecule has 1 rings (SSSR count). The van der Waals surface area contributed by atoms with Gasteiger partial charge in [0.15, 0.2) is 0 Å². The lowest BCUT2D eigenvalue weighted by molar-refractivity contribution is 0.217. The Morgan fingerprint density at radius 1 is 1.38 bits per heavy atom. The standard InChI is InChI=1S/C12H23N3O/c1-5-6-15-11(3)12(10(2)13-15)9-14(4)7-8-16/h16H,5-9H2,1-4H3. The van der Waals surface area contributed by atoms with Crippen molar-refractivity contribution in [2.45, 2.75) is 40.3 Å². The lowest BCUT2D eigenvalue weighted by Crippen LogP contribution is -2.22. The van der Waals surface area contributed by atoms with E-state index >= 15 is 0 Å². The molecule has 1 aromatic heterocycles. The Morgan fingerprint density at radius 2 is 2.06 bits per heavy atom. The molecule has 0 bridgehead atoms. The number of likely N-dealkylation sites (N-methyl/N-ethyl adjacent to an activating group) is 1. The van der Waals surface area contributed by atoms with Gasteiger partial charge in [0.05, 0.1) is 12.3 Å². The van der Waals surface area contributed by atoms with E-state index < -0.39 is 0 Å². The summed E-state index contributed by atoms with van der Waals surface area (Å²) in [5, 5.41) is 13.4. The van der Waals surface area contributed by atoms with E-state index in [1.807, 2.05) is 7.05 Å². The molecule has 0 aliphatic heterocycles. The number of nitrogens with zero attached hydrogens (tertiary/aromatic N) is 3. The fraction of sp³-hybridized carbons (Fsp3) is 0.750. The Balaban J connectivity index is 2.79. The van der Waals surface area contributed by atoms with Gasteiger partial charge in [0.25, 0.3) is 0 Å². The van der Waals surface area contributed by atoms with Crippen molar-refractivity contribution >= 4 is 0 Å². The van der Waals surface area contributed by atoms with E-state index in [9.17, 15) is 0 Å². The van der Waals surface area contributed by atoms with Gasteiger partial charge in [-0.05, 0) is 27.3 Å².